The van der Waals surface area contributed by atoms with Crippen molar-refractivity contribution >= 4 is 27.1 Å². The fourth-order valence-electron chi connectivity index (χ4n) is 1.93. The summed E-state index contributed by atoms with van der Waals surface area (Å²) in [6.45, 7) is 1.56. The average molecular weight is 367 g/mol. The molecule has 0 radical (unpaired) electrons. The molecular formula is C16H21N3O3S2. The summed E-state index contributed by atoms with van der Waals surface area (Å²) in [5.74, 6) is 1.000. The fourth-order valence-corrected chi connectivity index (χ4v) is 3.26. The van der Waals surface area contributed by atoms with Crippen molar-refractivity contribution in [1.82, 2.24) is 5.32 Å². The third-order valence-electron chi connectivity index (χ3n) is 3.15. The second kappa shape index (κ2) is 8.70. The maximum absolute atomic E-state index is 11.4. The van der Waals surface area contributed by atoms with E-state index in [1.807, 2.05) is 11.4 Å². The first-order chi connectivity index (χ1) is 11.4. The Morgan fingerprint density at radius 1 is 1.29 bits per heavy atom. The standard InChI is InChI=1S/C16H21N3O3S2/c1-24(20,21)15-6-4-13(5-7-15)22-11-10-19-16(17)18-9-8-14-3-2-12-23-14/h2-7,12H,8-11H2,1H3,(H3,17,18,19). The molecule has 6 nitrogen and oxygen atoms in total. The van der Waals surface area contributed by atoms with Gasteiger partial charge in [0.25, 0.3) is 0 Å². The second-order valence-corrected chi connectivity index (χ2v) is 8.16. The van der Waals surface area contributed by atoms with Crippen LogP contribution in [0.3, 0.4) is 0 Å². The van der Waals surface area contributed by atoms with Gasteiger partial charge in [-0.2, -0.15) is 0 Å². The van der Waals surface area contributed by atoms with E-state index in [4.69, 9.17) is 10.5 Å². The average Bonchev–Trinajstić information content (AvgIpc) is 3.04. The quantitative estimate of drug-likeness (QED) is 0.421. The van der Waals surface area contributed by atoms with E-state index in [1.54, 1.807) is 23.5 Å². The summed E-state index contributed by atoms with van der Waals surface area (Å²) in [7, 11) is -3.18. The molecule has 1 aromatic carbocycles. The molecule has 2 aromatic rings. The lowest BCUT2D eigenvalue weighted by molar-refractivity contribution is 0.322. The van der Waals surface area contributed by atoms with Crippen molar-refractivity contribution in [3.8, 4) is 5.75 Å². The number of benzene rings is 1. The van der Waals surface area contributed by atoms with Gasteiger partial charge in [0.15, 0.2) is 15.8 Å². The van der Waals surface area contributed by atoms with E-state index in [-0.39, 0.29) is 4.90 Å². The topological polar surface area (TPSA) is 93.8 Å². The lowest BCUT2D eigenvalue weighted by Gasteiger charge is -2.08. The molecular weight excluding hydrogens is 346 g/mol. The highest BCUT2D eigenvalue weighted by atomic mass is 32.2. The van der Waals surface area contributed by atoms with Gasteiger partial charge in [-0.25, -0.2) is 8.42 Å². The van der Waals surface area contributed by atoms with Crippen LogP contribution in [0.25, 0.3) is 0 Å². The van der Waals surface area contributed by atoms with Gasteiger partial charge >= 0.3 is 0 Å². The van der Waals surface area contributed by atoms with E-state index in [0.717, 1.165) is 6.42 Å². The molecule has 1 aromatic heterocycles. The van der Waals surface area contributed by atoms with Gasteiger partial charge in [0.1, 0.15) is 12.4 Å². The van der Waals surface area contributed by atoms with Gasteiger partial charge < -0.3 is 15.8 Å². The van der Waals surface area contributed by atoms with Crippen LogP contribution in [0.1, 0.15) is 4.88 Å². The number of nitrogens with zero attached hydrogens (tertiary/aromatic N) is 1. The van der Waals surface area contributed by atoms with Crippen molar-refractivity contribution in [3.63, 3.8) is 0 Å². The molecule has 0 fully saturated rings. The number of nitrogens with one attached hydrogen (secondary N) is 1. The van der Waals surface area contributed by atoms with Crippen molar-refractivity contribution in [2.75, 3.05) is 26.0 Å². The first kappa shape index (κ1) is 18.3. The molecule has 24 heavy (non-hydrogen) atoms. The number of thiophene rings is 1. The van der Waals surface area contributed by atoms with Crippen LogP contribution in [0.4, 0.5) is 0 Å². The third-order valence-corrected chi connectivity index (χ3v) is 5.21. The van der Waals surface area contributed by atoms with Crippen LogP contribution in [0.2, 0.25) is 0 Å². The maximum atomic E-state index is 11.4. The number of rotatable bonds is 8. The zero-order chi connectivity index (χ0) is 17.4. The van der Waals surface area contributed by atoms with Crippen molar-refractivity contribution in [3.05, 3.63) is 46.7 Å². The zero-order valence-corrected chi connectivity index (χ0v) is 15.1. The summed E-state index contributed by atoms with van der Waals surface area (Å²) < 4.78 is 28.2. The van der Waals surface area contributed by atoms with E-state index < -0.39 is 9.84 Å². The van der Waals surface area contributed by atoms with Gasteiger partial charge in [-0.15, -0.1) is 11.3 Å². The Balaban J connectivity index is 1.66. The Labute approximate surface area is 146 Å². The normalized spacial score (nSPS) is 12.1. The Bertz CT molecular complexity index is 754. The van der Waals surface area contributed by atoms with Gasteiger partial charge in [0, 0.05) is 24.1 Å². The van der Waals surface area contributed by atoms with Crippen LogP contribution in [0.5, 0.6) is 5.75 Å². The molecule has 0 unspecified atom stereocenters. The highest BCUT2D eigenvalue weighted by Gasteiger charge is 2.06. The molecule has 0 atom stereocenters. The van der Waals surface area contributed by atoms with Crippen molar-refractivity contribution in [2.24, 2.45) is 10.7 Å². The summed E-state index contributed by atoms with van der Waals surface area (Å²) in [6.07, 6.45) is 2.05. The minimum Gasteiger partial charge on any atom is -0.492 e. The molecule has 0 saturated carbocycles. The lowest BCUT2D eigenvalue weighted by Crippen LogP contribution is -2.34. The van der Waals surface area contributed by atoms with E-state index in [0.29, 0.717) is 31.4 Å². The zero-order valence-electron chi connectivity index (χ0n) is 13.4. The number of hydrogen-bond acceptors (Lipinski definition) is 5. The van der Waals surface area contributed by atoms with Crippen LogP contribution in [0.15, 0.2) is 51.7 Å². The third kappa shape index (κ3) is 6.21. The molecule has 0 spiro atoms. The van der Waals surface area contributed by atoms with E-state index >= 15 is 0 Å². The van der Waals surface area contributed by atoms with Crippen LogP contribution in [-0.4, -0.2) is 40.3 Å². The number of ether oxygens (including phenoxy) is 1. The minimum absolute atomic E-state index is 0.273. The number of sulfone groups is 1. The summed E-state index contributed by atoms with van der Waals surface area (Å²) >= 11 is 1.71. The maximum Gasteiger partial charge on any atom is 0.188 e. The molecule has 0 saturated heterocycles. The summed E-state index contributed by atoms with van der Waals surface area (Å²) in [4.78, 5) is 5.81. The molecule has 130 valence electrons. The second-order valence-electron chi connectivity index (χ2n) is 5.12. The van der Waals surface area contributed by atoms with Crippen LogP contribution >= 0.6 is 11.3 Å². The van der Waals surface area contributed by atoms with Crippen molar-refractivity contribution < 1.29 is 13.2 Å². The molecule has 2 rings (SSSR count). The van der Waals surface area contributed by atoms with Gasteiger partial charge in [-0.05, 0) is 35.7 Å². The minimum atomic E-state index is -3.18. The molecule has 3 N–H and O–H groups in total. The predicted molar refractivity (Wildman–Crippen MR) is 97.6 cm³/mol. The van der Waals surface area contributed by atoms with Crippen LogP contribution < -0.4 is 15.8 Å². The number of guanidine groups is 1. The first-order valence-electron chi connectivity index (χ1n) is 7.44. The van der Waals surface area contributed by atoms with Gasteiger partial charge in [0.2, 0.25) is 0 Å². The molecule has 1 heterocycles. The van der Waals surface area contributed by atoms with Crippen LogP contribution in [0, 0.1) is 0 Å². The van der Waals surface area contributed by atoms with E-state index in [2.05, 4.69) is 16.4 Å². The van der Waals surface area contributed by atoms with E-state index in [1.165, 1.54) is 23.3 Å². The molecule has 0 bridgehead atoms. The molecule has 8 heteroatoms. The fraction of sp³-hybridized carbons (Fsp3) is 0.312. The number of hydrogen-bond donors (Lipinski definition) is 2. The van der Waals surface area contributed by atoms with Crippen molar-refractivity contribution in [1.29, 1.82) is 0 Å². The summed E-state index contributed by atoms with van der Waals surface area (Å²) in [6, 6.07) is 10.4. The van der Waals surface area contributed by atoms with Gasteiger partial charge in [-0.3, -0.25) is 4.99 Å². The summed E-state index contributed by atoms with van der Waals surface area (Å²) in [5.41, 5.74) is 5.78. The van der Waals surface area contributed by atoms with E-state index in [9.17, 15) is 8.42 Å². The molecule has 0 aliphatic carbocycles. The van der Waals surface area contributed by atoms with Crippen molar-refractivity contribution in [2.45, 2.75) is 11.3 Å². The Morgan fingerprint density at radius 3 is 2.67 bits per heavy atom. The Kier molecular flexibility index (Phi) is 6.62. The van der Waals surface area contributed by atoms with Gasteiger partial charge in [-0.1, -0.05) is 6.07 Å². The Hall–Kier alpha value is -2.06. The molecule has 0 aliphatic rings. The first-order valence-corrected chi connectivity index (χ1v) is 10.2. The molecule has 0 aliphatic heterocycles. The predicted octanol–water partition coefficient (Wildman–Crippen LogP) is 1.68. The SMILES string of the molecule is CS(=O)(=O)c1ccc(OCCNC(N)=NCCc2cccs2)cc1. The van der Waals surface area contributed by atoms with Gasteiger partial charge in [0.05, 0.1) is 11.4 Å². The number of aliphatic imine (C=N–C) groups is 1. The van der Waals surface area contributed by atoms with Crippen LogP contribution in [-0.2, 0) is 16.3 Å². The number of nitrogens with two attached hydrogens (primary N) is 1. The largest absolute Gasteiger partial charge is 0.492 e. The molecule has 0 amide bonds. The monoisotopic (exact) mass is 367 g/mol. The smallest absolute Gasteiger partial charge is 0.188 e. The lowest BCUT2D eigenvalue weighted by atomic mass is 10.3. The summed E-state index contributed by atoms with van der Waals surface area (Å²) in [5, 5.41) is 5.02. The highest BCUT2D eigenvalue weighted by molar-refractivity contribution is 7.90. The highest BCUT2D eigenvalue weighted by Crippen LogP contribution is 2.15. The Morgan fingerprint density at radius 2 is 2.04 bits per heavy atom.